The summed E-state index contributed by atoms with van der Waals surface area (Å²) in [5.41, 5.74) is 0. The predicted octanol–water partition coefficient (Wildman–Crippen LogP) is 3.75. The molecule has 0 aromatic rings. The molecule has 0 atom stereocenters. The predicted molar refractivity (Wildman–Crippen MR) is 40.9 cm³/mol. The number of hydrogen-bond donors (Lipinski definition) is 0. The van der Waals surface area contributed by atoms with Gasteiger partial charge in [-0.1, -0.05) is 0 Å². The van der Waals surface area contributed by atoms with Crippen molar-refractivity contribution >= 4 is 69.8 Å². The Morgan fingerprint density at radius 3 is 0.875 bits per heavy atom. The fraction of sp³-hybridized carbons (Fsp3) is 0. The monoisotopic (exact) mass is 393 g/mol. The van der Waals surface area contributed by atoms with Crippen molar-refractivity contribution in [2.75, 3.05) is 0 Å². The van der Waals surface area contributed by atoms with Gasteiger partial charge >= 0.3 is 82.9 Å². The first kappa shape index (κ1) is 13.6. The summed E-state index contributed by atoms with van der Waals surface area (Å²) in [6, 6.07) is 0. The molecular weight excluding hydrogens is 395 g/mol. The quantitative estimate of drug-likeness (QED) is 0.549. The van der Waals surface area contributed by atoms with Gasteiger partial charge in [-0.3, -0.25) is 0 Å². The van der Waals surface area contributed by atoms with E-state index in [1.54, 1.807) is 0 Å². The summed E-state index contributed by atoms with van der Waals surface area (Å²) in [6.07, 6.45) is 0. The van der Waals surface area contributed by atoms with Crippen LogP contribution in [0.15, 0.2) is 0 Å². The molecule has 0 radical (unpaired) electrons. The zero-order valence-corrected chi connectivity index (χ0v) is 11.4. The average Bonchev–Trinajstić information content (AvgIpc) is 1.27. The molecule has 0 saturated carbocycles. The summed E-state index contributed by atoms with van der Waals surface area (Å²) in [5, 5.41) is 0. The Morgan fingerprint density at radius 2 is 0.875 bits per heavy atom. The second-order valence-electron chi connectivity index (χ2n) is 0.472. The van der Waals surface area contributed by atoms with Gasteiger partial charge in [0.2, 0.25) is 0 Å². The Bertz CT molecular complexity index is 32.3. The Hall–Kier alpha value is 3.06. The molecule has 0 amide bonds. The molecular formula is Cl6CuSn. The van der Waals surface area contributed by atoms with E-state index in [-0.39, 0.29) is 0 Å². The first-order valence-corrected chi connectivity index (χ1v) is 18.0. The van der Waals surface area contributed by atoms with Crippen molar-refractivity contribution < 1.29 is 13.1 Å². The molecule has 0 aromatic carbocycles. The molecule has 8 heavy (non-hydrogen) atoms. The number of hydrogen-bond acceptors (Lipinski definition) is 0. The van der Waals surface area contributed by atoms with Crippen LogP contribution < -0.4 is 0 Å². The molecule has 0 nitrogen and oxygen atoms in total. The van der Waals surface area contributed by atoms with Gasteiger partial charge in [0.1, 0.15) is 0 Å². The normalized spacial score (nSPS) is 10.2. The van der Waals surface area contributed by atoms with Crippen LogP contribution in [0.3, 0.4) is 0 Å². The fourth-order valence-electron chi connectivity index (χ4n) is 0. The van der Waals surface area contributed by atoms with Crippen molar-refractivity contribution in [3.63, 3.8) is 0 Å². The van der Waals surface area contributed by atoms with Crippen LogP contribution in [0.2, 0.25) is 0 Å². The fourth-order valence-corrected chi connectivity index (χ4v) is 0. The Morgan fingerprint density at radius 1 is 0.875 bits per heavy atom. The third-order valence-electron chi connectivity index (χ3n) is 0. The van der Waals surface area contributed by atoms with Crippen molar-refractivity contribution in [3.05, 3.63) is 0 Å². The molecule has 0 aromatic heterocycles. The van der Waals surface area contributed by atoms with E-state index >= 15 is 0 Å². The van der Waals surface area contributed by atoms with Crippen LogP contribution >= 0.6 is 55.9 Å². The van der Waals surface area contributed by atoms with Crippen molar-refractivity contribution in [2.24, 2.45) is 0 Å². The summed E-state index contributed by atoms with van der Waals surface area (Å²) < 4.78 is 0. The van der Waals surface area contributed by atoms with E-state index in [9.17, 15) is 0 Å². The summed E-state index contributed by atoms with van der Waals surface area (Å²) >= 11 is -2.53. The van der Waals surface area contributed by atoms with Crippen LogP contribution in [-0.4, -0.2) is 13.9 Å². The van der Waals surface area contributed by atoms with E-state index < -0.39 is 13.9 Å². The number of halogens is 6. The molecule has 0 saturated heterocycles. The SMILES string of the molecule is [Cl][Cu][Cl].[Cl][Sn]([Cl])([Cl])[Cl]. The molecule has 0 aliphatic rings. The van der Waals surface area contributed by atoms with Crippen LogP contribution in [0.5, 0.6) is 0 Å². The van der Waals surface area contributed by atoms with Crippen molar-refractivity contribution in [3.8, 4) is 0 Å². The van der Waals surface area contributed by atoms with Crippen LogP contribution in [-0.2, 0) is 13.1 Å². The maximum absolute atomic E-state index is 5.04. The maximum atomic E-state index is 5.04. The van der Waals surface area contributed by atoms with Crippen LogP contribution in [0.4, 0.5) is 0 Å². The summed E-state index contributed by atoms with van der Waals surface area (Å²) in [7, 11) is 29.5. The van der Waals surface area contributed by atoms with E-state index in [1.807, 2.05) is 0 Å². The van der Waals surface area contributed by atoms with Crippen LogP contribution in [0.1, 0.15) is 0 Å². The van der Waals surface area contributed by atoms with Gasteiger partial charge in [0, 0.05) is 0 Å². The molecule has 0 bridgehead atoms. The average molecular weight is 395 g/mol. The van der Waals surface area contributed by atoms with E-state index in [4.69, 9.17) is 35.7 Å². The zero-order valence-electron chi connectivity index (χ0n) is 3.07. The Labute approximate surface area is 81.4 Å². The van der Waals surface area contributed by atoms with Crippen molar-refractivity contribution in [1.29, 1.82) is 0 Å². The van der Waals surface area contributed by atoms with E-state index in [0.29, 0.717) is 0 Å². The topological polar surface area (TPSA) is 0 Å². The first-order valence-electron chi connectivity index (χ1n) is 0.984. The molecule has 0 rings (SSSR count). The third kappa shape index (κ3) is 62.9. The minimum atomic E-state index is -3.29. The molecule has 0 heterocycles. The van der Waals surface area contributed by atoms with Gasteiger partial charge in [0.15, 0.2) is 0 Å². The number of rotatable bonds is 0. The zero-order chi connectivity index (χ0) is 7.21. The molecule has 0 aliphatic heterocycles. The van der Waals surface area contributed by atoms with Gasteiger partial charge in [0.05, 0.1) is 0 Å². The molecule has 0 N–H and O–H groups in total. The minimum absolute atomic E-state index is 0.757. The van der Waals surface area contributed by atoms with E-state index in [1.165, 1.54) is 0 Å². The third-order valence-corrected chi connectivity index (χ3v) is 0. The summed E-state index contributed by atoms with van der Waals surface area (Å²) in [4.78, 5) is 0. The molecule has 57 valence electrons. The van der Waals surface area contributed by atoms with Gasteiger partial charge in [-0.15, -0.1) is 0 Å². The molecule has 8 heteroatoms. The van der Waals surface area contributed by atoms with Crippen LogP contribution in [0.25, 0.3) is 0 Å². The molecule has 0 unspecified atom stereocenters. The van der Waals surface area contributed by atoms with Gasteiger partial charge in [-0.2, -0.15) is 0 Å². The van der Waals surface area contributed by atoms with E-state index in [2.05, 4.69) is 20.2 Å². The van der Waals surface area contributed by atoms with Gasteiger partial charge in [0.25, 0.3) is 0 Å². The van der Waals surface area contributed by atoms with Crippen LogP contribution in [0, 0.1) is 0 Å². The summed E-state index contributed by atoms with van der Waals surface area (Å²) in [5.74, 6) is 0. The molecule has 0 spiro atoms. The van der Waals surface area contributed by atoms with Gasteiger partial charge in [-0.05, 0) is 0 Å². The Balaban J connectivity index is 0. The molecule has 0 aliphatic carbocycles. The summed E-state index contributed by atoms with van der Waals surface area (Å²) in [6.45, 7) is 0. The van der Waals surface area contributed by atoms with Gasteiger partial charge in [-0.25, -0.2) is 0 Å². The second-order valence-corrected chi connectivity index (χ2v) is 27.5. The van der Waals surface area contributed by atoms with Crippen molar-refractivity contribution in [1.82, 2.24) is 0 Å². The first-order chi connectivity index (χ1) is 3.41. The molecule has 0 fully saturated rings. The van der Waals surface area contributed by atoms with Gasteiger partial charge < -0.3 is 0 Å². The van der Waals surface area contributed by atoms with Crippen molar-refractivity contribution in [2.45, 2.75) is 0 Å². The second kappa shape index (κ2) is 8.16. The van der Waals surface area contributed by atoms with E-state index in [0.717, 1.165) is 13.1 Å². The standard InChI is InChI=1S/6ClH.Cu.Sn/h6*1H;;/q;;;;;;+2;+4/p-6. The Kier molecular flexibility index (Phi) is 13.9.